The van der Waals surface area contributed by atoms with Crippen LogP contribution in [-0.2, 0) is 0 Å². The van der Waals surface area contributed by atoms with Gasteiger partial charge in [0.15, 0.2) is 0 Å². The van der Waals surface area contributed by atoms with Crippen LogP contribution in [0.25, 0.3) is 0 Å². The fraction of sp³-hybridized carbons (Fsp3) is 1.00. The van der Waals surface area contributed by atoms with Gasteiger partial charge in [-0.3, -0.25) is 0 Å². The van der Waals surface area contributed by atoms with Gasteiger partial charge in [-0.15, -0.1) is 0 Å². The molecule has 0 heterocycles. The van der Waals surface area contributed by atoms with E-state index < -0.39 is 0 Å². The molecule has 0 aromatic heterocycles. The smallest absolute Gasteiger partial charge is 0.00670 e. The predicted octanol–water partition coefficient (Wildman–Crippen LogP) is 3.03. The number of hydrogen-bond acceptors (Lipinski definition) is 2. The Kier molecular flexibility index (Phi) is 7.87. The number of hydrogen-bond donors (Lipinski definition) is 1. The van der Waals surface area contributed by atoms with Crippen LogP contribution in [0.1, 0.15) is 57.8 Å². The largest absolute Gasteiger partial charge is 0.314 e. The highest BCUT2D eigenvalue weighted by molar-refractivity contribution is 4.69. The SMILES string of the molecule is CN(C)CCCCNC1CCCCCCC1. The summed E-state index contributed by atoms with van der Waals surface area (Å²) in [6, 6.07) is 0.819. The predicted molar refractivity (Wildman–Crippen MR) is 71.9 cm³/mol. The van der Waals surface area contributed by atoms with E-state index in [9.17, 15) is 0 Å². The van der Waals surface area contributed by atoms with Crippen molar-refractivity contribution in [3.63, 3.8) is 0 Å². The monoisotopic (exact) mass is 226 g/mol. The van der Waals surface area contributed by atoms with E-state index in [1.165, 1.54) is 70.9 Å². The van der Waals surface area contributed by atoms with Crippen LogP contribution >= 0.6 is 0 Å². The minimum atomic E-state index is 0.819. The summed E-state index contributed by atoms with van der Waals surface area (Å²) in [5, 5.41) is 3.74. The Hall–Kier alpha value is -0.0800. The highest BCUT2D eigenvalue weighted by atomic mass is 15.0. The van der Waals surface area contributed by atoms with Crippen molar-refractivity contribution in [2.75, 3.05) is 27.2 Å². The molecular formula is C14H30N2. The summed E-state index contributed by atoms with van der Waals surface area (Å²) in [6.45, 7) is 2.45. The van der Waals surface area contributed by atoms with Gasteiger partial charge in [-0.2, -0.15) is 0 Å². The quantitative estimate of drug-likeness (QED) is 0.700. The second-order valence-electron chi connectivity index (χ2n) is 5.51. The van der Waals surface area contributed by atoms with E-state index in [1.807, 2.05) is 0 Å². The van der Waals surface area contributed by atoms with Crippen LogP contribution in [0.3, 0.4) is 0 Å². The van der Waals surface area contributed by atoms with Gasteiger partial charge in [-0.25, -0.2) is 0 Å². The molecule has 1 aliphatic rings. The average Bonchev–Trinajstić information content (AvgIpc) is 2.19. The molecule has 0 bridgehead atoms. The molecule has 0 amide bonds. The molecule has 96 valence electrons. The van der Waals surface area contributed by atoms with Gasteiger partial charge in [0, 0.05) is 6.04 Å². The maximum atomic E-state index is 3.74. The molecular weight excluding hydrogens is 196 g/mol. The van der Waals surface area contributed by atoms with E-state index >= 15 is 0 Å². The lowest BCUT2D eigenvalue weighted by Crippen LogP contribution is -2.30. The van der Waals surface area contributed by atoms with Crippen LogP contribution in [0.2, 0.25) is 0 Å². The van der Waals surface area contributed by atoms with Crippen molar-refractivity contribution in [3.05, 3.63) is 0 Å². The van der Waals surface area contributed by atoms with Crippen LogP contribution in [0.4, 0.5) is 0 Å². The van der Waals surface area contributed by atoms with Gasteiger partial charge in [0.2, 0.25) is 0 Å². The van der Waals surface area contributed by atoms with Gasteiger partial charge in [-0.05, 0) is 52.9 Å². The average molecular weight is 226 g/mol. The van der Waals surface area contributed by atoms with Crippen molar-refractivity contribution in [2.24, 2.45) is 0 Å². The number of nitrogens with zero attached hydrogens (tertiary/aromatic N) is 1. The van der Waals surface area contributed by atoms with Gasteiger partial charge < -0.3 is 10.2 Å². The molecule has 1 saturated carbocycles. The molecule has 1 N–H and O–H groups in total. The topological polar surface area (TPSA) is 15.3 Å². The minimum absolute atomic E-state index is 0.819. The fourth-order valence-corrected chi connectivity index (χ4v) is 2.52. The molecule has 0 unspecified atom stereocenters. The molecule has 2 nitrogen and oxygen atoms in total. The van der Waals surface area contributed by atoms with Gasteiger partial charge in [0.05, 0.1) is 0 Å². The Labute approximate surface area is 102 Å². The maximum Gasteiger partial charge on any atom is 0.00670 e. The Morgan fingerprint density at radius 3 is 2.19 bits per heavy atom. The Balaban J connectivity index is 1.97. The normalized spacial score (nSPS) is 19.7. The molecule has 0 aromatic carbocycles. The van der Waals surface area contributed by atoms with Crippen molar-refractivity contribution in [3.8, 4) is 0 Å². The van der Waals surface area contributed by atoms with Crippen LogP contribution in [-0.4, -0.2) is 38.1 Å². The van der Waals surface area contributed by atoms with E-state index in [-0.39, 0.29) is 0 Å². The number of unbranched alkanes of at least 4 members (excludes halogenated alkanes) is 1. The molecule has 1 fully saturated rings. The summed E-state index contributed by atoms with van der Waals surface area (Å²) >= 11 is 0. The minimum Gasteiger partial charge on any atom is -0.314 e. The van der Waals surface area contributed by atoms with E-state index in [2.05, 4.69) is 24.3 Å². The third-order valence-corrected chi connectivity index (χ3v) is 3.57. The van der Waals surface area contributed by atoms with Gasteiger partial charge in [0.25, 0.3) is 0 Å². The first kappa shape index (κ1) is 14.0. The fourth-order valence-electron chi connectivity index (χ4n) is 2.52. The van der Waals surface area contributed by atoms with Crippen molar-refractivity contribution < 1.29 is 0 Å². The van der Waals surface area contributed by atoms with E-state index in [4.69, 9.17) is 0 Å². The summed E-state index contributed by atoms with van der Waals surface area (Å²) in [6.07, 6.45) is 12.7. The second-order valence-corrected chi connectivity index (χ2v) is 5.51. The first-order valence-corrected chi connectivity index (χ1v) is 7.17. The molecule has 1 rings (SSSR count). The van der Waals surface area contributed by atoms with Crippen molar-refractivity contribution in [2.45, 2.75) is 63.8 Å². The summed E-state index contributed by atoms with van der Waals surface area (Å²) in [5.41, 5.74) is 0. The Bertz CT molecular complexity index is 149. The zero-order valence-corrected chi connectivity index (χ0v) is 11.3. The van der Waals surface area contributed by atoms with Crippen LogP contribution in [0.5, 0.6) is 0 Å². The van der Waals surface area contributed by atoms with Gasteiger partial charge in [-0.1, -0.05) is 32.1 Å². The van der Waals surface area contributed by atoms with E-state index in [0.717, 1.165) is 6.04 Å². The maximum absolute atomic E-state index is 3.74. The Morgan fingerprint density at radius 2 is 1.56 bits per heavy atom. The molecule has 0 aromatic rings. The number of nitrogens with one attached hydrogen (secondary N) is 1. The first-order valence-electron chi connectivity index (χ1n) is 7.17. The number of rotatable bonds is 6. The first-order chi connectivity index (χ1) is 7.79. The lowest BCUT2D eigenvalue weighted by Gasteiger charge is -2.21. The molecule has 0 saturated heterocycles. The molecule has 0 spiro atoms. The van der Waals surface area contributed by atoms with Gasteiger partial charge >= 0.3 is 0 Å². The highest BCUT2D eigenvalue weighted by Crippen LogP contribution is 2.16. The summed E-state index contributed by atoms with van der Waals surface area (Å²) in [5.74, 6) is 0. The molecule has 0 radical (unpaired) electrons. The van der Waals surface area contributed by atoms with E-state index in [1.54, 1.807) is 0 Å². The van der Waals surface area contributed by atoms with Crippen molar-refractivity contribution >= 4 is 0 Å². The molecule has 0 aliphatic heterocycles. The highest BCUT2D eigenvalue weighted by Gasteiger charge is 2.09. The van der Waals surface area contributed by atoms with Crippen molar-refractivity contribution in [1.29, 1.82) is 0 Å². The summed E-state index contributed by atoms with van der Waals surface area (Å²) < 4.78 is 0. The van der Waals surface area contributed by atoms with Crippen LogP contribution in [0.15, 0.2) is 0 Å². The van der Waals surface area contributed by atoms with Crippen LogP contribution in [0, 0.1) is 0 Å². The van der Waals surface area contributed by atoms with Crippen molar-refractivity contribution in [1.82, 2.24) is 10.2 Å². The molecule has 0 atom stereocenters. The molecule has 1 aliphatic carbocycles. The molecule has 2 heteroatoms. The lowest BCUT2D eigenvalue weighted by atomic mass is 9.97. The third-order valence-electron chi connectivity index (χ3n) is 3.57. The Morgan fingerprint density at radius 1 is 0.938 bits per heavy atom. The second kappa shape index (κ2) is 9.00. The van der Waals surface area contributed by atoms with Gasteiger partial charge in [0.1, 0.15) is 0 Å². The van der Waals surface area contributed by atoms with Crippen LogP contribution < -0.4 is 5.32 Å². The zero-order valence-electron chi connectivity index (χ0n) is 11.3. The lowest BCUT2D eigenvalue weighted by molar-refractivity contribution is 0.367. The summed E-state index contributed by atoms with van der Waals surface area (Å²) in [4.78, 5) is 2.27. The third kappa shape index (κ3) is 7.24. The summed E-state index contributed by atoms with van der Waals surface area (Å²) in [7, 11) is 4.31. The van der Waals surface area contributed by atoms with E-state index in [0.29, 0.717) is 0 Å². The zero-order chi connectivity index (χ0) is 11.6. The molecule has 16 heavy (non-hydrogen) atoms. The standard InChI is InChI=1S/C14H30N2/c1-16(2)13-9-8-12-15-14-10-6-4-3-5-7-11-14/h14-15H,3-13H2,1-2H3.